The molecule has 7 heteroatoms. The van der Waals surface area contributed by atoms with Gasteiger partial charge in [0.15, 0.2) is 0 Å². The summed E-state index contributed by atoms with van der Waals surface area (Å²) in [6.07, 6.45) is 4.96. The van der Waals surface area contributed by atoms with Crippen molar-refractivity contribution in [2.75, 3.05) is 13.1 Å². The number of aryl methyl sites for hydroxylation is 2. The Kier molecular flexibility index (Phi) is 5.07. The number of carbonyl (C=O) groups is 1. The highest BCUT2D eigenvalue weighted by molar-refractivity contribution is 7.18. The number of H-pyrrole nitrogens is 1. The van der Waals surface area contributed by atoms with Crippen LogP contribution in [-0.2, 0) is 24.1 Å². The van der Waals surface area contributed by atoms with Crippen LogP contribution in [0.4, 0.5) is 0 Å². The van der Waals surface area contributed by atoms with Crippen LogP contribution in [0.1, 0.15) is 49.4 Å². The fraction of sp³-hybridized carbons (Fsp3) is 0.650. The topological polar surface area (TPSA) is 92.1 Å². The van der Waals surface area contributed by atoms with Crippen LogP contribution >= 0.6 is 11.3 Å². The molecule has 0 aromatic carbocycles. The molecule has 146 valence electrons. The van der Waals surface area contributed by atoms with Gasteiger partial charge >= 0.3 is 0 Å². The minimum absolute atomic E-state index is 0.0489. The summed E-state index contributed by atoms with van der Waals surface area (Å²) in [6.45, 7) is 5.71. The number of amides is 1. The number of thiophene rings is 1. The molecule has 1 saturated heterocycles. The molecule has 2 aromatic rings. The Hall–Kier alpha value is -1.73. The van der Waals surface area contributed by atoms with Gasteiger partial charge in [0.25, 0.3) is 5.56 Å². The van der Waals surface area contributed by atoms with Crippen LogP contribution in [0, 0.1) is 11.8 Å². The summed E-state index contributed by atoms with van der Waals surface area (Å²) in [6, 6.07) is 0.242. The van der Waals surface area contributed by atoms with E-state index in [0.29, 0.717) is 37.0 Å². The second-order valence-corrected chi connectivity index (χ2v) is 9.36. The normalized spacial score (nSPS) is 25.1. The molecule has 0 bridgehead atoms. The molecule has 3 unspecified atom stereocenters. The second kappa shape index (κ2) is 7.36. The van der Waals surface area contributed by atoms with Gasteiger partial charge in [0.05, 0.1) is 5.39 Å². The van der Waals surface area contributed by atoms with Crippen molar-refractivity contribution >= 4 is 27.5 Å². The molecule has 3 N–H and O–H groups in total. The zero-order valence-corrected chi connectivity index (χ0v) is 16.9. The molecule has 2 aromatic heterocycles. The highest BCUT2D eigenvalue weighted by Gasteiger charge is 2.31. The van der Waals surface area contributed by atoms with Crippen molar-refractivity contribution in [2.24, 2.45) is 17.6 Å². The molecule has 1 aliphatic carbocycles. The highest BCUT2D eigenvalue weighted by Crippen LogP contribution is 2.35. The predicted octanol–water partition coefficient (Wildman–Crippen LogP) is 2.24. The third kappa shape index (κ3) is 3.55. The zero-order valence-electron chi connectivity index (χ0n) is 16.1. The summed E-state index contributed by atoms with van der Waals surface area (Å²) in [5.41, 5.74) is 6.90. The minimum Gasteiger partial charge on any atom is -0.340 e. The molecular formula is C20H28N4O2S. The first-order chi connectivity index (χ1) is 13.0. The average Bonchev–Trinajstić information content (AvgIpc) is 3.19. The number of hydrogen-bond acceptors (Lipinski definition) is 5. The lowest BCUT2D eigenvalue weighted by Gasteiger charge is -2.21. The van der Waals surface area contributed by atoms with E-state index in [2.05, 4.69) is 23.8 Å². The Bertz CT molecular complexity index is 919. The summed E-state index contributed by atoms with van der Waals surface area (Å²) in [7, 11) is 0. The maximum absolute atomic E-state index is 12.7. The molecule has 3 atom stereocenters. The number of carbonyl (C=O) groups excluding carboxylic acids is 1. The maximum atomic E-state index is 12.7. The number of nitrogens with two attached hydrogens (primary N) is 1. The molecule has 27 heavy (non-hydrogen) atoms. The number of aromatic nitrogens is 2. The first-order valence-corrected chi connectivity index (χ1v) is 10.8. The van der Waals surface area contributed by atoms with Gasteiger partial charge in [0.2, 0.25) is 5.91 Å². The van der Waals surface area contributed by atoms with E-state index in [0.717, 1.165) is 42.4 Å². The fourth-order valence-corrected chi connectivity index (χ4v) is 5.94. The number of fused-ring (bicyclic) bond motifs is 3. The standard InChI is InChI=1S/C20H28N4O2S/c1-11-3-4-14-15(7-11)27-20-18(14)19(26)22-16(23-20)5-6-17(25)24-10-13(9-21)8-12(24)2/h11-13H,3-10,21H2,1-2H3,(H,22,23,26). The number of likely N-dealkylation sites (tertiary alicyclic amines) is 1. The summed E-state index contributed by atoms with van der Waals surface area (Å²) >= 11 is 1.65. The summed E-state index contributed by atoms with van der Waals surface area (Å²) in [5.74, 6) is 1.81. The number of nitrogens with zero attached hydrogens (tertiary/aromatic N) is 2. The van der Waals surface area contributed by atoms with Crippen LogP contribution in [0.25, 0.3) is 10.2 Å². The average molecular weight is 389 g/mol. The molecule has 0 radical (unpaired) electrons. The van der Waals surface area contributed by atoms with E-state index >= 15 is 0 Å². The largest absolute Gasteiger partial charge is 0.340 e. The van der Waals surface area contributed by atoms with Crippen LogP contribution in [-0.4, -0.2) is 39.9 Å². The number of hydrogen-bond donors (Lipinski definition) is 2. The van der Waals surface area contributed by atoms with Crippen LogP contribution in [0.15, 0.2) is 4.79 Å². The van der Waals surface area contributed by atoms with Crippen LogP contribution < -0.4 is 11.3 Å². The van der Waals surface area contributed by atoms with E-state index in [-0.39, 0.29) is 17.5 Å². The van der Waals surface area contributed by atoms with E-state index in [1.54, 1.807) is 11.3 Å². The van der Waals surface area contributed by atoms with Gasteiger partial charge in [-0.1, -0.05) is 6.92 Å². The molecule has 2 aliphatic rings. The quantitative estimate of drug-likeness (QED) is 0.840. The van der Waals surface area contributed by atoms with Crippen molar-refractivity contribution < 1.29 is 4.79 Å². The lowest BCUT2D eigenvalue weighted by atomic mass is 9.89. The van der Waals surface area contributed by atoms with Gasteiger partial charge in [-0.15, -0.1) is 11.3 Å². The van der Waals surface area contributed by atoms with E-state index in [9.17, 15) is 9.59 Å². The first kappa shape index (κ1) is 18.6. The number of aromatic amines is 1. The van der Waals surface area contributed by atoms with Gasteiger partial charge in [0, 0.05) is 30.3 Å². The van der Waals surface area contributed by atoms with Crippen molar-refractivity contribution in [3.63, 3.8) is 0 Å². The van der Waals surface area contributed by atoms with Gasteiger partial charge in [-0.05, 0) is 56.6 Å². The van der Waals surface area contributed by atoms with Crippen molar-refractivity contribution in [3.8, 4) is 0 Å². The van der Waals surface area contributed by atoms with E-state index < -0.39 is 0 Å². The summed E-state index contributed by atoms with van der Waals surface area (Å²) < 4.78 is 0. The van der Waals surface area contributed by atoms with Gasteiger partial charge in [-0.2, -0.15) is 0 Å². The summed E-state index contributed by atoms with van der Waals surface area (Å²) in [4.78, 5) is 36.9. The van der Waals surface area contributed by atoms with E-state index in [1.807, 2.05) is 4.90 Å². The third-order valence-electron chi connectivity index (χ3n) is 6.11. The van der Waals surface area contributed by atoms with E-state index in [4.69, 9.17) is 5.73 Å². The SMILES string of the molecule is CC1CCc2c(sc3nc(CCC(=O)N4CC(CN)CC4C)[nH]c(=O)c23)C1. The third-order valence-corrected chi connectivity index (χ3v) is 7.25. The van der Waals surface area contributed by atoms with E-state index in [1.165, 1.54) is 10.4 Å². The molecule has 6 nitrogen and oxygen atoms in total. The Morgan fingerprint density at radius 3 is 2.96 bits per heavy atom. The molecule has 0 spiro atoms. The predicted molar refractivity (Wildman–Crippen MR) is 108 cm³/mol. The molecular weight excluding hydrogens is 360 g/mol. The van der Waals surface area contributed by atoms with Gasteiger partial charge < -0.3 is 15.6 Å². The zero-order chi connectivity index (χ0) is 19.1. The van der Waals surface area contributed by atoms with Crippen molar-refractivity contribution in [3.05, 3.63) is 26.6 Å². The molecule has 0 saturated carbocycles. The Morgan fingerprint density at radius 1 is 1.41 bits per heavy atom. The Labute approximate surface area is 163 Å². The van der Waals surface area contributed by atoms with Crippen molar-refractivity contribution in [2.45, 2.75) is 58.4 Å². The lowest BCUT2D eigenvalue weighted by Crippen LogP contribution is -2.34. The van der Waals surface area contributed by atoms with Crippen LogP contribution in [0.5, 0.6) is 0 Å². The van der Waals surface area contributed by atoms with Gasteiger partial charge in [-0.3, -0.25) is 9.59 Å². The second-order valence-electron chi connectivity index (χ2n) is 8.28. The minimum atomic E-state index is -0.0489. The maximum Gasteiger partial charge on any atom is 0.259 e. The smallest absolute Gasteiger partial charge is 0.259 e. The molecule has 3 heterocycles. The number of nitrogens with one attached hydrogen (secondary N) is 1. The summed E-state index contributed by atoms with van der Waals surface area (Å²) in [5, 5.41) is 0.774. The Morgan fingerprint density at radius 2 is 2.22 bits per heavy atom. The lowest BCUT2D eigenvalue weighted by molar-refractivity contribution is -0.131. The number of rotatable bonds is 4. The highest BCUT2D eigenvalue weighted by atomic mass is 32.1. The van der Waals surface area contributed by atoms with Crippen LogP contribution in [0.2, 0.25) is 0 Å². The fourth-order valence-electron chi connectivity index (χ4n) is 4.54. The monoisotopic (exact) mass is 388 g/mol. The van der Waals surface area contributed by atoms with Crippen molar-refractivity contribution in [1.82, 2.24) is 14.9 Å². The Balaban J connectivity index is 1.50. The molecule has 4 rings (SSSR count). The first-order valence-electron chi connectivity index (χ1n) is 9.99. The van der Waals surface area contributed by atoms with Crippen molar-refractivity contribution in [1.29, 1.82) is 0 Å². The van der Waals surface area contributed by atoms with Crippen LogP contribution in [0.3, 0.4) is 0 Å². The van der Waals surface area contributed by atoms with Gasteiger partial charge in [0.1, 0.15) is 10.7 Å². The molecule has 1 amide bonds. The molecule has 1 aliphatic heterocycles. The molecule has 1 fully saturated rings. The van der Waals surface area contributed by atoms with Gasteiger partial charge in [-0.25, -0.2) is 4.98 Å².